The fourth-order valence-electron chi connectivity index (χ4n) is 3.17. The fraction of sp³-hybridized carbons (Fsp3) is 0.211. The third-order valence-corrected chi connectivity index (χ3v) is 4.50. The predicted octanol–water partition coefficient (Wildman–Crippen LogP) is 3.58. The lowest BCUT2D eigenvalue weighted by molar-refractivity contribution is 0.0949. The Labute approximate surface area is 139 Å². The average Bonchev–Trinajstić information content (AvgIpc) is 3.23. The fourth-order valence-corrected chi connectivity index (χ4v) is 3.17. The summed E-state index contributed by atoms with van der Waals surface area (Å²) in [4.78, 5) is 17.6. The lowest BCUT2D eigenvalue weighted by Crippen LogP contribution is -2.15. The second-order valence-corrected chi connectivity index (χ2v) is 6.11. The molecule has 2 heterocycles. The van der Waals surface area contributed by atoms with Gasteiger partial charge in [0.15, 0.2) is 11.5 Å². The molecule has 2 N–H and O–H groups in total. The number of hydrogen-bond acceptors (Lipinski definition) is 4. The van der Waals surface area contributed by atoms with Gasteiger partial charge in [-0.15, -0.1) is 5.10 Å². The van der Waals surface area contributed by atoms with Crippen LogP contribution in [0.2, 0.25) is 0 Å². The molecular formula is C19H18N4O. The first-order valence-electron chi connectivity index (χ1n) is 8.10. The number of nitrogen functional groups attached to an aromatic ring is 1. The normalized spacial score (nSPS) is 14.1. The van der Waals surface area contributed by atoms with Crippen molar-refractivity contribution in [1.29, 1.82) is 0 Å². The molecule has 0 aliphatic heterocycles. The van der Waals surface area contributed by atoms with E-state index in [1.165, 1.54) is 10.3 Å². The zero-order valence-corrected chi connectivity index (χ0v) is 13.5. The van der Waals surface area contributed by atoms with Crippen LogP contribution in [0.1, 0.15) is 40.9 Å². The predicted molar refractivity (Wildman–Crippen MR) is 94.7 cm³/mol. The zero-order valence-electron chi connectivity index (χ0n) is 13.5. The lowest BCUT2D eigenvalue weighted by atomic mass is 10.1. The van der Waals surface area contributed by atoms with E-state index in [1.54, 1.807) is 6.07 Å². The maximum atomic E-state index is 12.9. The number of aryl methyl sites for hydroxylation is 1. The summed E-state index contributed by atoms with van der Waals surface area (Å²) >= 11 is 0. The minimum atomic E-state index is -0.208. The van der Waals surface area contributed by atoms with Crippen molar-refractivity contribution in [2.75, 3.05) is 5.73 Å². The van der Waals surface area contributed by atoms with Crippen molar-refractivity contribution in [2.24, 2.45) is 0 Å². The zero-order chi connectivity index (χ0) is 16.7. The summed E-state index contributed by atoms with van der Waals surface area (Å²) in [5, 5.41) is 4.95. The second-order valence-electron chi connectivity index (χ2n) is 6.11. The summed E-state index contributed by atoms with van der Waals surface area (Å²) in [6.07, 6.45) is 5.46. The topological polar surface area (TPSA) is 73.8 Å². The Balaban J connectivity index is 1.87. The van der Waals surface area contributed by atoms with Gasteiger partial charge in [-0.1, -0.05) is 24.3 Å². The largest absolute Gasteiger partial charge is 0.382 e. The van der Waals surface area contributed by atoms with E-state index in [-0.39, 0.29) is 5.91 Å². The summed E-state index contributed by atoms with van der Waals surface area (Å²) in [5.74, 6) is 0.117. The van der Waals surface area contributed by atoms with Gasteiger partial charge in [0.1, 0.15) is 0 Å². The van der Waals surface area contributed by atoms with Crippen molar-refractivity contribution < 1.29 is 4.79 Å². The molecule has 120 valence electrons. The van der Waals surface area contributed by atoms with Crippen molar-refractivity contribution in [2.45, 2.75) is 26.2 Å². The number of anilines is 1. The third-order valence-electron chi connectivity index (χ3n) is 4.50. The van der Waals surface area contributed by atoms with Crippen molar-refractivity contribution in [3.8, 4) is 0 Å². The van der Waals surface area contributed by atoms with E-state index in [2.05, 4.69) is 16.2 Å². The Morgan fingerprint density at radius 3 is 2.79 bits per heavy atom. The molecule has 24 heavy (non-hydrogen) atoms. The summed E-state index contributed by atoms with van der Waals surface area (Å²) in [7, 11) is 0. The van der Waals surface area contributed by atoms with E-state index < -0.39 is 0 Å². The van der Waals surface area contributed by atoms with Gasteiger partial charge in [-0.05, 0) is 55.5 Å². The van der Waals surface area contributed by atoms with E-state index in [4.69, 9.17) is 5.73 Å². The van der Waals surface area contributed by atoms with Crippen LogP contribution >= 0.6 is 0 Å². The summed E-state index contributed by atoms with van der Waals surface area (Å²) in [5.41, 5.74) is 10.2. The number of fused-ring (bicyclic) bond motifs is 1. The van der Waals surface area contributed by atoms with Gasteiger partial charge in [0.2, 0.25) is 0 Å². The van der Waals surface area contributed by atoms with Crippen LogP contribution in [0.5, 0.6) is 0 Å². The van der Waals surface area contributed by atoms with Gasteiger partial charge in [-0.3, -0.25) is 4.79 Å². The van der Waals surface area contributed by atoms with Crippen molar-refractivity contribution in [3.05, 3.63) is 59.3 Å². The summed E-state index contributed by atoms with van der Waals surface area (Å²) in [6.45, 7) is 1.91. The molecule has 0 atom stereocenters. The number of hydrogen-bond donors (Lipinski definition) is 1. The van der Waals surface area contributed by atoms with Crippen molar-refractivity contribution in [3.63, 3.8) is 0 Å². The standard InChI is InChI=1S/C19H18N4O/c1-12-6-2-5-9-14(12)19(24)23-18-15(17(20)22-23)10-11-16(21-18)13-7-3-4-8-13/h2,5-7,9-11H,3-4,8H2,1H3,(H2,20,22). The number of benzene rings is 1. The number of nitrogens with two attached hydrogens (primary N) is 1. The molecule has 0 bridgehead atoms. The van der Waals surface area contributed by atoms with E-state index >= 15 is 0 Å². The highest BCUT2D eigenvalue weighted by molar-refractivity contribution is 6.03. The van der Waals surface area contributed by atoms with Crippen LogP contribution in [0.4, 0.5) is 5.82 Å². The first-order valence-corrected chi connectivity index (χ1v) is 8.10. The molecule has 1 aromatic carbocycles. The highest BCUT2D eigenvalue weighted by atomic mass is 16.2. The molecule has 5 heteroatoms. The van der Waals surface area contributed by atoms with E-state index in [0.29, 0.717) is 22.4 Å². The molecule has 0 fully saturated rings. The number of nitrogens with zero attached hydrogens (tertiary/aromatic N) is 3. The minimum absolute atomic E-state index is 0.208. The molecule has 0 radical (unpaired) electrons. The van der Waals surface area contributed by atoms with Gasteiger partial charge in [-0.2, -0.15) is 4.68 Å². The molecule has 0 amide bonds. The molecule has 4 rings (SSSR count). The number of carbonyl (C=O) groups excluding carboxylic acids is 1. The van der Waals surface area contributed by atoms with Crippen molar-refractivity contribution in [1.82, 2.24) is 14.8 Å². The van der Waals surface area contributed by atoms with Crippen LogP contribution in [-0.2, 0) is 0 Å². The Kier molecular flexibility index (Phi) is 3.41. The van der Waals surface area contributed by atoms with Gasteiger partial charge in [-0.25, -0.2) is 4.98 Å². The smallest absolute Gasteiger partial charge is 0.280 e. The van der Waals surface area contributed by atoms with Gasteiger partial charge in [0, 0.05) is 5.56 Å². The van der Waals surface area contributed by atoms with E-state index in [9.17, 15) is 4.79 Å². The average molecular weight is 318 g/mol. The number of aromatic nitrogens is 3. The minimum Gasteiger partial charge on any atom is -0.382 e. The molecule has 0 saturated heterocycles. The van der Waals surface area contributed by atoms with Crippen LogP contribution in [-0.4, -0.2) is 20.7 Å². The number of allylic oxidation sites excluding steroid dienone is 2. The summed E-state index contributed by atoms with van der Waals surface area (Å²) in [6, 6.07) is 11.3. The number of carbonyl (C=O) groups is 1. The van der Waals surface area contributed by atoms with E-state index in [1.807, 2.05) is 37.3 Å². The molecule has 0 spiro atoms. The second kappa shape index (κ2) is 5.60. The molecule has 0 saturated carbocycles. The van der Waals surface area contributed by atoms with E-state index in [0.717, 1.165) is 30.5 Å². The number of pyridine rings is 1. The molecule has 5 nitrogen and oxygen atoms in total. The molecule has 1 aliphatic carbocycles. The van der Waals surface area contributed by atoms with Gasteiger partial charge in [0.05, 0.1) is 11.1 Å². The first kappa shape index (κ1) is 14.6. The maximum absolute atomic E-state index is 12.9. The van der Waals surface area contributed by atoms with Gasteiger partial charge < -0.3 is 5.73 Å². The van der Waals surface area contributed by atoms with Gasteiger partial charge >= 0.3 is 0 Å². The Hall–Kier alpha value is -2.95. The Morgan fingerprint density at radius 2 is 2.04 bits per heavy atom. The van der Waals surface area contributed by atoms with Crippen LogP contribution in [0.15, 0.2) is 42.5 Å². The molecule has 1 aliphatic rings. The van der Waals surface area contributed by atoms with Gasteiger partial charge in [0.25, 0.3) is 5.91 Å². The van der Waals surface area contributed by atoms with Crippen LogP contribution in [0.25, 0.3) is 16.6 Å². The SMILES string of the molecule is Cc1ccccc1C(=O)n1nc(N)c2ccc(C3=CCCC3)nc21. The maximum Gasteiger partial charge on any atom is 0.280 e. The lowest BCUT2D eigenvalue weighted by Gasteiger charge is -2.06. The van der Waals surface area contributed by atoms with Crippen LogP contribution < -0.4 is 5.73 Å². The quantitative estimate of drug-likeness (QED) is 0.784. The number of rotatable bonds is 2. The molecule has 0 unspecified atom stereocenters. The first-order chi connectivity index (χ1) is 11.6. The van der Waals surface area contributed by atoms with Crippen LogP contribution in [0, 0.1) is 6.92 Å². The monoisotopic (exact) mass is 318 g/mol. The molecule has 2 aromatic heterocycles. The third kappa shape index (κ3) is 2.29. The van der Waals surface area contributed by atoms with Crippen LogP contribution in [0.3, 0.4) is 0 Å². The highest BCUT2D eigenvalue weighted by Gasteiger charge is 2.19. The molecular weight excluding hydrogens is 300 g/mol. The summed E-state index contributed by atoms with van der Waals surface area (Å²) < 4.78 is 1.33. The Bertz CT molecular complexity index is 984. The Morgan fingerprint density at radius 1 is 1.21 bits per heavy atom. The van der Waals surface area contributed by atoms with Crippen molar-refractivity contribution >= 4 is 28.3 Å². The highest BCUT2D eigenvalue weighted by Crippen LogP contribution is 2.29. The molecule has 3 aromatic rings.